The minimum absolute atomic E-state index is 0.00848. The molecule has 0 amide bonds. The molecule has 0 radical (unpaired) electrons. The Bertz CT molecular complexity index is 1010. The van der Waals surface area contributed by atoms with Gasteiger partial charge in [-0.05, 0) is 56.0 Å². The van der Waals surface area contributed by atoms with Crippen molar-refractivity contribution in [2.75, 3.05) is 48.2 Å². The number of nitrogens with zero attached hydrogens (tertiary/aromatic N) is 3. The first-order chi connectivity index (χ1) is 17.2. The third-order valence-electron chi connectivity index (χ3n) is 6.76. The van der Waals surface area contributed by atoms with E-state index in [0.717, 1.165) is 69.0 Å². The van der Waals surface area contributed by atoms with Gasteiger partial charge < -0.3 is 19.9 Å². The van der Waals surface area contributed by atoms with Crippen molar-refractivity contribution < 1.29 is 28.3 Å². The third-order valence-corrected chi connectivity index (χ3v) is 7.13. The molecular formula is C25H31F3N4O3S. The van der Waals surface area contributed by atoms with Crippen LogP contribution >= 0.6 is 12.2 Å². The van der Waals surface area contributed by atoms with Gasteiger partial charge in [0.1, 0.15) is 10.7 Å². The van der Waals surface area contributed by atoms with Gasteiger partial charge >= 0.3 is 6.18 Å². The smallest absolute Gasteiger partial charge is 0.382 e. The largest absolute Gasteiger partial charge is 0.418 e. The number of alkyl halides is 3. The second-order valence-electron chi connectivity index (χ2n) is 9.15. The van der Waals surface area contributed by atoms with Gasteiger partial charge in [-0.25, -0.2) is 0 Å². The molecule has 2 aromatic carbocycles. The number of benzene rings is 2. The van der Waals surface area contributed by atoms with Crippen LogP contribution in [-0.2, 0) is 10.9 Å². The molecule has 4 rings (SSSR count). The van der Waals surface area contributed by atoms with E-state index in [4.69, 9.17) is 27.4 Å². The van der Waals surface area contributed by atoms with Crippen LogP contribution in [0.5, 0.6) is 0 Å². The van der Waals surface area contributed by atoms with Crippen molar-refractivity contribution in [1.82, 2.24) is 4.90 Å². The van der Waals surface area contributed by atoms with Gasteiger partial charge in [0.15, 0.2) is 0 Å². The quantitative estimate of drug-likeness (QED) is 0.338. The highest BCUT2D eigenvalue weighted by Gasteiger charge is 2.35. The third kappa shape index (κ3) is 6.78. The van der Waals surface area contributed by atoms with E-state index in [1.807, 2.05) is 18.2 Å². The average molecular weight is 525 g/mol. The lowest BCUT2D eigenvalue weighted by atomic mass is 9.92. The number of nitrogens with one attached hydrogen (secondary N) is 1. The van der Waals surface area contributed by atoms with Gasteiger partial charge in [-0.3, -0.25) is 10.4 Å². The van der Waals surface area contributed by atoms with Crippen LogP contribution in [0.2, 0.25) is 0 Å². The average Bonchev–Trinajstić information content (AvgIpc) is 2.88. The summed E-state index contributed by atoms with van der Waals surface area (Å²) in [6.07, 6.45) is -1.57. The van der Waals surface area contributed by atoms with Crippen molar-refractivity contribution >= 4 is 34.3 Å². The number of piperazine rings is 1. The molecule has 7 nitrogen and oxygen atoms in total. The predicted octanol–water partition coefficient (Wildman–Crippen LogP) is 5.18. The fourth-order valence-corrected chi connectivity index (χ4v) is 5.02. The molecule has 11 heteroatoms. The number of rotatable bonds is 7. The van der Waals surface area contributed by atoms with Crippen molar-refractivity contribution in [3.63, 3.8) is 0 Å². The van der Waals surface area contributed by atoms with E-state index in [1.165, 1.54) is 11.8 Å². The summed E-state index contributed by atoms with van der Waals surface area (Å²) in [5.74, 6) is 0. The zero-order valence-corrected chi connectivity index (χ0v) is 20.6. The van der Waals surface area contributed by atoms with Crippen LogP contribution in [0.15, 0.2) is 48.5 Å². The molecule has 1 aliphatic carbocycles. The van der Waals surface area contributed by atoms with Crippen molar-refractivity contribution in [2.24, 2.45) is 0 Å². The lowest BCUT2D eigenvalue weighted by Crippen LogP contribution is -2.49. The molecule has 2 fully saturated rings. The maximum absolute atomic E-state index is 13.3. The summed E-state index contributed by atoms with van der Waals surface area (Å²) in [5, 5.41) is 20.8. The van der Waals surface area contributed by atoms with Gasteiger partial charge in [-0.15, -0.1) is 5.23 Å². The molecule has 1 saturated carbocycles. The Kier molecular flexibility index (Phi) is 8.55. The van der Waals surface area contributed by atoms with Crippen LogP contribution in [0, 0.1) is 0 Å². The molecule has 1 aliphatic heterocycles. The van der Waals surface area contributed by atoms with E-state index in [9.17, 15) is 13.2 Å². The van der Waals surface area contributed by atoms with Gasteiger partial charge in [0.05, 0.1) is 18.3 Å². The molecule has 0 atom stereocenters. The highest BCUT2D eigenvalue weighted by atomic mass is 32.1. The minimum atomic E-state index is -4.71. The van der Waals surface area contributed by atoms with E-state index >= 15 is 0 Å². The highest BCUT2D eigenvalue weighted by Crippen LogP contribution is 2.38. The van der Waals surface area contributed by atoms with Crippen LogP contribution < -0.4 is 15.4 Å². The second-order valence-corrected chi connectivity index (χ2v) is 9.62. The molecule has 3 N–H and O–H groups in total. The highest BCUT2D eigenvalue weighted by molar-refractivity contribution is 7.80. The van der Waals surface area contributed by atoms with Gasteiger partial charge in [0, 0.05) is 43.6 Å². The first-order valence-corrected chi connectivity index (χ1v) is 12.5. The Morgan fingerprint density at radius 2 is 1.67 bits per heavy atom. The minimum Gasteiger partial charge on any atom is -0.382 e. The summed E-state index contributed by atoms with van der Waals surface area (Å²) in [5.41, 5.74) is -0.331. The summed E-state index contributed by atoms with van der Waals surface area (Å²) in [7, 11) is 0. The molecule has 0 bridgehead atoms. The zero-order chi connectivity index (χ0) is 25.7. The summed E-state index contributed by atoms with van der Waals surface area (Å²) in [4.78, 5) is 5.36. The van der Waals surface area contributed by atoms with Gasteiger partial charge in [0.25, 0.3) is 0 Å². The lowest BCUT2D eigenvalue weighted by Gasteiger charge is -2.38. The Hall–Kier alpha value is -2.60. The monoisotopic (exact) mass is 524 g/mol. The Labute approximate surface area is 214 Å². The Balaban J connectivity index is 1.20. The van der Waals surface area contributed by atoms with Crippen LogP contribution in [0.25, 0.3) is 0 Å². The standard InChI is InChI=1S/C25H31F3N4O3S/c26-25(27,28)22-16-19(8-11-23(22)32(33)34)29-18-6-9-21(10-7-18)35-17-24(36)31-14-12-30(13-15-31)20-4-2-1-3-5-20/h1-5,8,11,16,18,21,29,33-34H,6-7,9-10,12-15,17H2. The summed E-state index contributed by atoms with van der Waals surface area (Å²) in [6, 6.07) is 13.7. The van der Waals surface area contributed by atoms with Crippen molar-refractivity contribution in [3.05, 3.63) is 54.1 Å². The Morgan fingerprint density at radius 3 is 2.28 bits per heavy atom. The number of thiocarbonyl (C=S) groups is 1. The normalized spacial score (nSPS) is 20.8. The SMILES string of the molecule is ON(O)c1ccc(NC2CCC(OCC(=S)N3CCN(c4ccccc4)CC3)CC2)cc1C(F)(F)F. The van der Waals surface area contributed by atoms with Crippen molar-refractivity contribution in [3.8, 4) is 0 Å². The Morgan fingerprint density at radius 1 is 1.00 bits per heavy atom. The van der Waals surface area contributed by atoms with Crippen LogP contribution in [0.1, 0.15) is 31.2 Å². The van der Waals surface area contributed by atoms with Crippen molar-refractivity contribution in [1.29, 1.82) is 0 Å². The molecule has 36 heavy (non-hydrogen) atoms. The van der Waals surface area contributed by atoms with E-state index < -0.39 is 22.7 Å². The molecule has 0 aromatic heterocycles. The molecule has 2 aliphatic rings. The van der Waals surface area contributed by atoms with Crippen LogP contribution in [0.4, 0.5) is 30.2 Å². The maximum atomic E-state index is 13.3. The lowest BCUT2D eigenvalue weighted by molar-refractivity contribution is -0.138. The zero-order valence-electron chi connectivity index (χ0n) is 19.8. The van der Waals surface area contributed by atoms with E-state index in [2.05, 4.69) is 27.2 Å². The van der Waals surface area contributed by atoms with Crippen molar-refractivity contribution in [2.45, 2.75) is 44.0 Å². The van der Waals surface area contributed by atoms with E-state index in [0.29, 0.717) is 6.61 Å². The maximum Gasteiger partial charge on any atom is 0.418 e. The first-order valence-electron chi connectivity index (χ1n) is 12.1. The van der Waals surface area contributed by atoms with Gasteiger partial charge in [-0.2, -0.15) is 13.2 Å². The van der Waals surface area contributed by atoms with E-state index in [1.54, 1.807) is 0 Å². The molecule has 0 spiro atoms. The number of para-hydroxylation sites is 1. The van der Waals surface area contributed by atoms with Crippen LogP contribution in [0.3, 0.4) is 0 Å². The second kappa shape index (κ2) is 11.6. The van der Waals surface area contributed by atoms with Gasteiger partial charge in [0.2, 0.25) is 0 Å². The molecule has 1 saturated heterocycles. The summed E-state index contributed by atoms with van der Waals surface area (Å²) in [6.45, 7) is 3.94. The van der Waals surface area contributed by atoms with E-state index in [-0.39, 0.29) is 17.8 Å². The predicted molar refractivity (Wildman–Crippen MR) is 136 cm³/mol. The molecule has 196 valence electrons. The molecule has 2 aromatic rings. The number of hydrogen-bond acceptors (Lipinski definition) is 7. The molecular weight excluding hydrogens is 493 g/mol. The fourth-order valence-electron chi connectivity index (χ4n) is 4.77. The number of hydrogen-bond donors (Lipinski definition) is 3. The summed E-state index contributed by atoms with van der Waals surface area (Å²) < 4.78 is 46.0. The molecule has 1 heterocycles. The first kappa shape index (κ1) is 26.5. The topological polar surface area (TPSA) is 71.4 Å². The fraction of sp³-hybridized carbons (Fsp3) is 0.480. The van der Waals surface area contributed by atoms with Gasteiger partial charge in [-0.1, -0.05) is 30.4 Å². The molecule has 0 unspecified atom stereocenters. The number of ether oxygens (including phenoxy) is 1. The van der Waals surface area contributed by atoms with Crippen LogP contribution in [-0.4, -0.2) is 65.2 Å². The summed E-state index contributed by atoms with van der Waals surface area (Å²) >= 11 is 5.62. The number of halogens is 3. The number of anilines is 3.